The molecule has 0 spiro atoms. The zero-order valence-corrected chi connectivity index (χ0v) is 18.1. The van der Waals surface area contributed by atoms with Crippen LogP contribution in [0.15, 0.2) is 22.9 Å². The van der Waals surface area contributed by atoms with Crippen LogP contribution in [0.4, 0.5) is 0 Å². The van der Waals surface area contributed by atoms with Crippen molar-refractivity contribution in [1.82, 2.24) is 0 Å². The molecule has 0 aliphatic heterocycles. The van der Waals surface area contributed by atoms with E-state index in [9.17, 15) is 5.11 Å². The van der Waals surface area contributed by atoms with Crippen LogP contribution in [0.25, 0.3) is 19.5 Å². The van der Waals surface area contributed by atoms with Crippen molar-refractivity contribution < 1.29 is 9.84 Å². The Hall–Kier alpha value is -1.14. The number of thiophene rings is 3. The van der Waals surface area contributed by atoms with Gasteiger partial charge in [0.25, 0.3) is 0 Å². The van der Waals surface area contributed by atoms with E-state index in [4.69, 9.17) is 4.74 Å². The fourth-order valence-corrected chi connectivity index (χ4v) is 6.73. The third-order valence-corrected chi connectivity index (χ3v) is 7.92. The molecule has 0 aromatic carbocycles. The number of hydrogen-bond acceptors (Lipinski definition) is 5. The summed E-state index contributed by atoms with van der Waals surface area (Å²) in [6.07, 6.45) is 5.15. The highest BCUT2D eigenvalue weighted by molar-refractivity contribution is 7.26. The molecule has 3 rings (SSSR count). The second-order valence-electron chi connectivity index (χ2n) is 6.37. The van der Waals surface area contributed by atoms with Gasteiger partial charge in [0.05, 0.1) is 12.0 Å². The van der Waals surface area contributed by atoms with Crippen LogP contribution in [-0.4, -0.2) is 18.8 Å². The van der Waals surface area contributed by atoms with Crippen LogP contribution < -0.4 is 4.74 Å². The first kappa shape index (κ1) is 19.6. The third-order valence-electron chi connectivity index (χ3n) is 4.41. The van der Waals surface area contributed by atoms with Gasteiger partial charge in [-0.05, 0) is 47.9 Å². The van der Waals surface area contributed by atoms with Crippen LogP contribution in [0.1, 0.15) is 43.4 Å². The van der Waals surface area contributed by atoms with Gasteiger partial charge in [0.2, 0.25) is 0 Å². The van der Waals surface area contributed by atoms with Crippen molar-refractivity contribution in [2.24, 2.45) is 0 Å². The minimum atomic E-state index is 0.186. The Balaban J connectivity index is 2.03. The molecule has 0 aliphatic rings. The lowest BCUT2D eigenvalue weighted by Crippen LogP contribution is -1.90. The molecular formula is C21H26O2S3. The molecule has 0 unspecified atom stereocenters. The van der Waals surface area contributed by atoms with Gasteiger partial charge in [-0.1, -0.05) is 26.7 Å². The predicted octanol–water partition coefficient (Wildman–Crippen LogP) is 6.65. The first-order chi connectivity index (χ1) is 12.7. The molecule has 5 heteroatoms. The number of aliphatic hydroxyl groups excluding tert-OH is 1. The quantitative estimate of drug-likeness (QED) is 0.431. The third kappa shape index (κ3) is 4.06. The van der Waals surface area contributed by atoms with Crippen molar-refractivity contribution in [1.29, 1.82) is 0 Å². The predicted molar refractivity (Wildman–Crippen MR) is 116 cm³/mol. The SMILES string of the molecule is CCCc1csc(-c2sc(-c3scc(OC)c3CCC)cc2CCO)c1. The van der Waals surface area contributed by atoms with Crippen LogP contribution in [0.5, 0.6) is 5.75 Å². The number of aryl methyl sites for hydroxylation is 1. The Morgan fingerprint density at radius 2 is 1.73 bits per heavy atom. The van der Waals surface area contributed by atoms with Gasteiger partial charge in [0, 0.05) is 32.2 Å². The van der Waals surface area contributed by atoms with Crippen LogP contribution in [-0.2, 0) is 19.3 Å². The van der Waals surface area contributed by atoms with E-state index in [0.29, 0.717) is 6.42 Å². The van der Waals surface area contributed by atoms with E-state index < -0.39 is 0 Å². The van der Waals surface area contributed by atoms with Crippen molar-refractivity contribution in [3.63, 3.8) is 0 Å². The zero-order chi connectivity index (χ0) is 18.5. The molecule has 0 bridgehead atoms. The number of rotatable bonds is 9. The largest absolute Gasteiger partial charge is 0.496 e. The topological polar surface area (TPSA) is 29.5 Å². The first-order valence-corrected chi connectivity index (χ1v) is 11.7. The molecule has 0 aliphatic carbocycles. The fourth-order valence-electron chi connectivity index (χ4n) is 3.20. The molecule has 0 radical (unpaired) electrons. The molecule has 1 N–H and O–H groups in total. The van der Waals surface area contributed by atoms with Gasteiger partial charge in [0.1, 0.15) is 5.75 Å². The van der Waals surface area contributed by atoms with E-state index in [2.05, 4.69) is 36.7 Å². The second-order valence-corrected chi connectivity index (χ2v) is 9.21. The van der Waals surface area contributed by atoms with Crippen molar-refractivity contribution in [2.45, 2.75) is 46.0 Å². The highest BCUT2D eigenvalue weighted by Gasteiger charge is 2.19. The van der Waals surface area contributed by atoms with E-state index >= 15 is 0 Å². The van der Waals surface area contributed by atoms with E-state index in [1.807, 2.05) is 22.7 Å². The summed E-state index contributed by atoms with van der Waals surface area (Å²) in [5, 5.41) is 13.9. The highest BCUT2D eigenvalue weighted by Crippen LogP contribution is 2.46. The van der Waals surface area contributed by atoms with E-state index in [0.717, 1.165) is 25.0 Å². The molecule has 3 aromatic rings. The Morgan fingerprint density at radius 1 is 0.923 bits per heavy atom. The van der Waals surface area contributed by atoms with E-state index in [1.165, 1.54) is 42.6 Å². The highest BCUT2D eigenvalue weighted by atomic mass is 32.1. The summed E-state index contributed by atoms with van der Waals surface area (Å²) in [5.41, 5.74) is 4.00. The molecule has 3 heterocycles. The summed E-state index contributed by atoms with van der Waals surface area (Å²) in [5.74, 6) is 1.01. The maximum Gasteiger partial charge on any atom is 0.133 e. The Morgan fingerprint density at radius 3 is 2.42 bits per heavy atom. The van der Waals surface area contributed by atoms with Crippen molar-refractivity contribution in [3.8, 4) is 25.3 Å². The normalized spacial score (nSPS) is 11.2. The average Bonchev–Trinajstić information content (AvgIpc) is 3.34. The maximum absolute atomic E-state index is 9.53. The van der Waals surface area contributed by atoms with Crippen LogP contribution in [0, 0.1) is 0 Å². The summed E-state index contributed by atoms with van der Waals surface area (Å²) >= 11 is 5.45. The minimum absolute atomic E-state index is 0.186. The van der Waals surface area contributed by atoms with Gasteiger partial charge in [-0.3, -0.25) is 0 Å². The fraction of sp³-hybridized carbons (Fsp3) is 0.429. The Kier molecular flexibility index (Phi) is 6.92. The summed E-state index contributed by atoms with van der Waals surface area (Å²) in [6, 6.07) is 4.60. The molecule has 3 aromatic heterocycles. The summed E-state index contributed by atoms with van der Waals surface area (Å²) in [4.78, 5) is 5.26. The van der Waals surface area contributed by atoms with Gasteiger partial charge in [-0.15, -0.1) is 34.0 Å². The molecule has 2 nitrogen and oxygen atoms in total. The molecular weight excluding hydrogens is 380 g/mol. The van der Waals surface area contributed by atoms with Crippen LogP contribution in [0.3, 0.4) is 0 Å². The molecule has 0 atom stereocenters. The molecule has 0 saturated heterocycles. The lowest BCUT2D eigenvalue weighted by atomic mass is 10.1. The average molecular weight is 407 g/mol. The van der Waals surface area contributed by atoms with Crippen LogP contribution >= 0.6 is 34.0 Å². The molecule has 26 heavy (non-hydrogen) atoms. The molecule has 140 valence electrons. The van der Waals surface area contributed by atoms with Gasteiger partial charge in [-0.2, -0.15) is 0 Å². The van der Waals surface area contributed by atoms with Crippen molar-refractivity contribution in [3.05, 3.63) is 39.6 Å². The van der Waals surface area contributed by atoms with Gasteiger partial charge in [-0.25, -0.2) is 0 Å². The van der Waals surface area contributed by atoms with E-state index in [1.54, 1.807) is 18.4 Å². The van der Waals surface area contributed by atoms with Crippen molar-refractivity contribution in [2.75, 3.05) is 13.7 Å². The second kappa shape index (κ2) is 9.18. The summed E-state index contributed by atoms with van der Waals surface area (Å²) in [7, 11) is 1.75. The molecule has 0 fully saturated rings. The van der Waals surface area contributed by atoms with Gasteiger partial charge in [0.15, 0.2) is 0 Å². The minimum Gasteiger partial charge on any atom is -0.496 e. The lowest BCUT2D eigenvalue weighted by molar-refractivity contribution is 0.300. The zero-order valence-electron chi connectivity index (χ0n) is 15.6. The number of aliphatic hydroxyl groups is 1. The maximum atomic E-state index is 9.53. The lowest BCUT2D eigenvalue weighted by Gasteiger charge is -2.03. The number of ether oxygens (including phenoxy) is 1. The van der Waals surface area contributed by atoms with E-state index in [-0.39, 0.29) is 6.61 Å². The Labute approximate surface area is 168 Å². The summed E-state index contributed by atoms with van der Waals surface area (Å²) < 4.78 is 5.58. The number of methoxy groups -OCH3 is 1. The molecule has 0 amide bonds. The number of hydrogen-bond donors (Lipinski definition) is 1. The smallest absolute Gasteiger partial charge is 0.133 e. The van der Waals surface area contributed by atoms with Crippen molar-refractivity contribution >= 4 is 34.0 Å². The summed E-state index contributed by atoms with van der Waals surface area (Å²) in [6.45, 7) is 4.61. The standard InChI is InChI=1S/C21H26O2S3/c1-4-6-14-10-18(24-12-14)20-15(8-9-22)11-19(26-20)21-16(7-5-2)17(23-3)13-25-21/h10-13,22H,4-9H2,1-3H3. The Bertz CT molecular complexity index is 841. The molecule has 0 saturated carbocycles. The monoisotopic (exact) mass is 406 g/mol. The first-order valence-electron chi connectivity index (χ1n) is 9.17. The van der Waals surface area contributed by atoms with Gasteiger partial charge < -0.3 is 9.84 Å². The van der Waals surface area contributed by atoms with Gasteiger partial charge >= 0.3 is 0 Å². The van der Waals surface area contributed by atoms with Crippen LogP contribution in [0.2, 0.25) is 0 Å².